The highest BCUT2D eigenvalue weighted by atomic mass is 16.4. The first-order chi connectivity index (χ1) is 12.7. The Bertz CT molecular complexity index is 791. The molecule has 0 aromatic heterocycles. The number of aliphatic carboxylic acids is 1. The van der Waals surface area contributed by atoms with Gasteiger partial charge < -0.3 is 10.2 Å². The number of carbonyl (C=O) groups is 1. The largest absolute Gasteiger partial charge is 0.507 e. The molecule has 0 radical (unpaired) electrons. The first kappa shape index (κ1) is 21.0. The standard InChI is InChI=1S/C24H32O3/c1-6-7-11-14-24(4,5)20-15-19(16(2)17(3)22(20)25)21(23(26)27)18-12-9-8-10-13-18/h8-10,12-13,15,21,25H,6-7,11,14H2,1-5H3,(H,26,27). The summed E-state index contributed by atoms with van der Waals surface area (Å²) in [6.07, 6.45) is 4.35. The Morgan fingerprint density at radius 1 is 1.07 bits per heavy atom. The average Bonchev–Trinajstić information content (AvgIpc) is 2.62. The monoisotopic (exact) mass is 368 g/mol. The third kappa shape index (κ3) is 4.52. The molecule has 0 saturated carbocycles. The van der Waals surface area contributed by atoms with Crippen LogP contribution < -0.4 is 0 Å². The molecule has 0 aliphatic heterocycles. The summed E-state index contributed by atoms with van der Waals surface area (Å²) in [7, 11) is 0. The molecule has 2 rings (SSSR count). The number of benzene rings is 2. The number of aromatic hydroxyl groups is 1. The summed E-state index contributed by atoms with van der Waals surface area (Å²) in [5.41, 5.74) is 3.77. The maximum absolute atomic E-state index is 12.2. The van der Waals surface area contributed by atoms with E-state index in [2.05, 4.69) is 20.8 Å². The Balaban J connectivity index is 2.60. The van der Waals surface area contributed by atoms with Crippen LogP contribution in [0.4, 0.5) is 0 Å². The molecule has 2 aromatic carbocycles. The van der Waals surface area contributed by atoms with Crippen LogP contribution in [0.15, 0.2) is 36.4 Å². The van der Waals surface area contributed by atoms with Crippen LogP contribution in [0.1, 0.15) is 80.2 Å². The van der Waals surface area contributed by atoms with Gasteiger partial charge in [-0.1, -0.05) is 76.4 Å². The molecule has 1 unspecified atom stereocenters. The SMILES string of the molecule is CCCCCC(C)(C)c1cc(C(C(=O)O)c2ccccc2)c(C)c(C)c1O. The van der Waals surface area contributed by atoms with E-state index in [4.69, 9.17) is 0 Å². The molecule has 3 nitrogen and oxygen atoms in total. The van der Waals surface area contributed by atoms with Gasteiger partial charge in [0, 0.05) is 5.56 Å². The second-order valence-electron chi connectivity index (χ2n) is 8.13. The van der Waals surface area contributed by atoms with Crippen LogP contribution in [-0.2, 0) is 10.2 Å². The van der Waals surface area contributed by atoms with Gasteiger partial charge in [0.15, 0.2) is 0 Å². The fourth-order valence-corrected chi connectivity index (χ4v) is 3.80. The summed E-state index contributed by atoms with van der Waals surface area (Å²) in [6, 6.07) is 11.3. The van der Waals surface area contributed by atoms with Gasteiger partial charge in [0.25, 0.3) is 0 Å². The van der Waals surface area contributed by atoms with E-state index in [1.807, 2.05) is 50.2 Å². The topological polar surface area (TPSA) is 57.5 Å². The number of unbranched alkanes of at least 4 members (excludes halogenated alkanes) is 2. The molecule has 0 saturated heterocycles. The molecule has 3 heteroatoms. The van der Waals surface area contributed by atoms with Crippen LogP contribution in [-0.4, -0.2) is 16.2 Å². The van der Waals surface area contributed by atoms with E-state index in [0.29, 0.717) is 5.75 Å². The van der Waals surface area contributed by atoms with E-state index < -0.39 is 11.9 Å². The summed E-state index contributed by atoms with van der Waals surface area (Å²) >= 11 is 0. The summed E-state index contributed by atoms with van der Waals surface area (Å²) in [5.74, 6) is -1.31. The zero-order valence-corrected chi connectivity index (χ0v) is 17.2. The molecule has 0 spiro atoms. The normalized spacial score (nSPS) is 12.8. The van der Waals surface area contributed by atoms with Gasteiger partial charge >= 0.3 is 5.97 Å². The quantitative estimate of drug-likeness (QED) is 0.555. The number of rotatable bonds is 8. The van der Waals surface area contributed by atoms with E-state index in [1.54, 1.807) is 0 Å². The van der Waals surface area contributed by atoms with E-state index in [1.165, 1.54) is 0 Å². The molecular weight excluding hydrogens is 336 g/mol. The van der Waals surface area contributed by atoms with Crippen molar-refractivity contribution in [3.8, 4) is 5.75 Å². The second kappa shape index (κ2) is 8.60. The molecule has 27 heavy (non-hydrogen) atoms. The van der Waals surface area contributed by atoms with Crippen molar-refractivity contribution in [2.45, 2.75) is 71.6 Å². The van der Waals surface area contributed by atoms with Gasteiger partial charge in [-0.3, -0.25) is 4.79 Å². The Kier molecular flexibility index (Phi) is 6.69. The van der Waals surface area contributed by atoms with E-state index >= 15 is 0 Å². The predicted octanol–water partition coefficient (Wildman–Crippen LogP) is 6.08. The number of hydrogen-bond acceptors (Lipinski definition) is 2. The molecular formula is C24H32O3. The lowest BCUT2D eigenvalue weighted by Crippen LogP contribution is -2.21. The molecule has 0 aliphatic carbocycles. The number of hydrogen-bond donors (Lipinski definition) is 2. The fourth-order valence-electron chi connectivity index (χ4n) is 3.80. The number of carboxylic acid groups (broad SMARTS) is 1. The van der Waals surface area contributed by atoms with Crippen LogP contribution in [0.25, 0.3) is 0 Å². The minimum Gasteiger partial charge on any atom is -0.507 e. The van der Waals surface area contributed by atoms with Crippen molar-refractivity contribution in [3.63, 3.8) is 0 Å². The van der Waals surface area contributed by atoms with Crippen molar-refractivity contribution < 1.29 is 15.0 Å². The summed E-state index contributed by atoms with van der Waals surface area (Å²) < 4.78 is 0. The molecule has 0 bridgehead atoms. The molecule has 146 valence electrons. The van der Waals surface area contributed by atoms with Crippen molar-refractivity contribution in [1.29, 1.82) is 0 Å². The van der Waals surface area contributed by atoms with Crippen molar-refractivity contribution in [2.75, 3.05) is 0 Å². The third-order valence-corrected chi connectivity index (χ3v) is 5.73. The summed E-state index contributed by atoms with van der Waals surface area (Å²) in [6.45, 7) is 10.2. The van der Waals surface area contributed by atoms with Crippen molar-refractivity contribution in [2.24, 2.45) is 0 Å². The zero-order chi connectivity index (χ0) is 20.2. The van der Waals surface area contributed by atoms with Gasteiger partial charge in [-0.25, -0.2) is 0 Å². The molecule has 0 amide bonds. The number of phenolic OH excluding ortho intramolecular Hbond substituents is 1. The van der Waals surface area contributed by atoms with Crippen LogP contribution in [0.3, 0.4) is 0 Å². The first-order valence-corrected chi connectivity index (χ1v) is 9.82. The first-order valence-electron chi connectivity index (χ1n) is 9.82. The molecule has 1 atom stereocenters. The predicted molar refractivity (Wildman–Crippen MR) is 111 cm³/mol. The molecule has 0 heterocycles. The number of phenols is 1. The highest BCUT2D eigenvalue weighted by Gasteiger charge is 2.30. The maximum Gasteiger partial charge on any atom is 0.315 e. The Morgan fingerprint density at radius 3 is 2.26 bits per heavy atom. The van der Waals surface area contributed by atoms with Crippen LogP contribution in [0, 0.1) is 13.8 Å². The highest BCUT2D eigenvalue weighted by molar-refractivity contribution is 5.81. The van der Waals surface area contributed by atoms with Crippen molar-refractivity contribution in [1.82, 2.24) is 0 Å². The second-order valence-corrected chi connectivity index (χ2v) is 8.13. The van der Waals surface area contributed by atoms with Gasteiger partial charge in [0.2, 0.25) is 0 Å². The molecule has 0 fully saturated rings. The van der Waals surface area contributed by atoms with Crippen LogP contribution in [0.5, 0.6) is 5.75 Å². The summed E-state index contributed by atoms with van der Waals surface area (Å²) in [4.78, 5) is 12.2. The van der Waals surface area contributed by atoms with Gasteiger partial charge in [-0.05, 0) is 47.9 Å². The van der Waals surface area contributed by atoms with Crippen molar-refractivity contribution >= 4 is 5.97 Å². The lowest BCUT2D eigenvalue weighted by atomic mass is 9.75. The third-order valence-electron chi connectivity index (χ3n) is 5.73. The van der Waals surface area contributed by atoms with Crippen molar-refractivity contribution in [3.05, 3.63) is 64.2 Å². The van der Waals surface area contributed by atoms with E-state index in [9.17, 15) is 15.0 Å². The maximum atomic E-state index is 12.2. The lowest BCUT2D eigenvalue weighted by Gasteiger charge is -2.30. The minimum atomic E-state index is -0.871. The Morgan fingerprint density at radius 2 is 1.70 bits per heavy atom. The Hall–Kier alpha value is -2.29. The fraction of sp³-hybridized carbons (Fsp3) is 0.458. The number of carboxylic acids is 1. The smallest absolute Gasteiger partial charge is 0.315 e. The van der Waals surface area contributed by atoms with E-state index in [-0.39, 0.29) is 5.41 Å². The van der Waals surface area contributed by atoms with Crippen LogP contribution >= 0.6 is 0 Å². The minimum absolute atomic E-state index is 0.216. The molecule has 2 aromatic rings. The van der Waals surface area contributed by atoms with Crippen LogP contribution in [0.2, 0.25) is 0 Å². The van der Waals surface area contributed by atoms with E-state index in [0.717, 1.165) is 53.5 Å². The van der Waals surface area contributed by atoms with Gasteiger partial charge in [0.1, 0.15) is 11.7 Å². The molecule has 2 N–H and O–H groups in total. The molecule has 0 aliphatic rings. The highest BCUT2D eigenvalue weighted by Crippen LogP contribution is 2.42. The summed E-state index contributed by atoms with van der Waals surface area (Å²) in [5, 5.41) is 20.8. The average molecular weight is 369 g/mol. The Labute approximate surface area is 163 Å². The van der Waals surface area contributed by atoms with Gasteiger partial charge in [0.05, 0.1) is 0 Å². The lowest BCUT2D eigenvalue weighted by molar-refractivity contribution is -0.137. The van der Waals surface area contributed by atoms with Gasteiger partial charge in [-0.2, -0.15) is 0 Å². The van der Waals surface area contributed by atoms with Gasteiger partial charge in [-0.15, -0.1) is 0 Å². The zero-order valence-electron chi connectivity index (χ0n) is 17.2.